The number of anilines is 1. The summed E-state index contributed by atoms with van der Waals surface area (Å²) in [6.45, 7) is 1.86. The van der Waals surface area contributed by atoms with Crippen LogP contribution in [-0.4, -0.2) is 21.1 Å². The van der Waals surface area contributed by atoms with Crippen molar-refractivity contribution in [2.24, 2.45) is 0 Å². The Morgan fingerprint density at radius 3 is 2.71 bits per heavy atom. The first-order chi connectivity index (χ1) is 11.6. The van der Waals surface area contributed by atoms with Gasteiger partial charge in [0.15, 0.2) is 5.13 Å². The van der Waals surface area contributed by atoms with Crippen LogP contribution in [0.25, 0.3) is 11.4 Å². The molecule has 4 nitrogen and oxygen atoms in total. The third-order valence-corrected chi connectivity index (χ3v) is 5.28. The lowest BCUT2D eigenvalue weighted by molar-refractivity contribution is -0.115. The maximum absolute atomic E-state index is 12.3. The quantitative estimate of drug-likeness (QED) is 0.639. The third-order valence-electron chi connectivity index (χ3n) is 3.16. The van der Waals surface area contributed by atoms with Crippen molar-refractivity contribution >= 4 is 45.7 Å². The fourth-order valence-electron chi connectivity index (χ4n) is 1.94. The smallest absolute Gasteiger partial charge is 0.239 e. The summed E-state index contributed by atoms with van der Waals surface area (Å²) in [6, 6.07) is 13.1. The fraction of sp³-hybridized carbons (Fsp3) is 0.118. The van der Waals surface area contributed by atoms with Crippen LogP contribution < -0.4 is 5.32 Å². The van der Waals surface area contributed by atoms with Crippen molar-refractivity contribution in [2.75, 3.05) is 5.32 Å². The monoisotopic (exact) mass is 375 g/mol. The molecule has 0 spiro atoms. The number of carbonyl (C=O) groups excluding carboxylic acids is 1. The number of hydrogen-bond donors (Lipinski definition) is 1. The lowest BCUT2D eigenvalue weighted by atomic mass is 10.3. The second kappa shape index (κ2) is 7.79. The number of amides is 1. The number of thiazole rings is 1. The van der Waals surface area contributed by atoms with E-state index >= 15 is 0 Å². The van der Waals surface area contributed by atoms with Gasteiger partial charge in [0, 0.05) is 21.5 Å². The number of halogens is 1. The number of pyridine rings is 1. The van der Waals surface area contributed by atoms with Gasteiger partial charge in [0.25, 0.3) is 0 Å². The van der Waals surface area contributed by atoms with Crippen molar-refractivity contribution in [3.8, 4) is 11.4 Å². The van der Waals surface area contributed by atoms with Gasteiger partial charge in [0.05, 0.1) is 10.9 Å². The number of nitrogens with one attached hydrogen (secondary N) is 1. The van der Waals surface area contributed by atoms with Crippen LogP contribution in [0.4, 0.5) is 5.13 Å². The Bertz CT molecular complexity index is 821. The average molecular weight is 376 g/mol. The maximum Gasteiger partial charge on any atom is 0.239 e. The average Bonchev–Trinajstić information content (AvgIpc) is 3.06. The van der Waals surface area contributed by atoms with Crippen molar-refractivity contribution in [3.63, 3.8) is 0 Å². The summed E-state index contributed by atoms with van der Waals surface area (Å²) >= 11 is 8.74. The molecule has 0 aliphatic carbocycles. The summed E-state index contributed by atoms with van der Waals surface area (Å²) in [6.07, 6.45) is 1.72. The summed E-state index contributed by atoms with van der Waals surface area (Å²) in [7, 11) is 0. The molecule has 0 unspecified atom stereocenters. The van der Waals surface area contributed by atoms with Crippen molar-refractivity contribution in [1.82, 2.24) is 9.97 Å². The Hall–Kier alpha value is -1.89. The van der Waals surface area contributed by atoms with Crippen molar-refractivity contribution in [3.05, 3.63) is 59.1 Å². The Kier molecular flexibility index (Phi) is 5.50. The van der Waals surface area contributed by atoms with E-state index in [4.69, 9.17) is 11.6 Å². The molecule has 122 valence electrons. The molecule has 0 saturated carbocycles. The Morgan fingerprint density at radius 2 is 2.00 bits per heavy atom. The second-order valence-electron chi connectivity index (χ2n) is 4.96. The molecule has 1 atom stereocenters. The van der Waals surface area contributed by atoms with Crippen LogP contribution in [0.15, 0.2) is 58.9 Å². The number of nitrogens with zero attached hydrogens (tertiary/aromatic N) is 2. The molecular weight excluding hydrogens is 362 g/mol. The molecule has 1 aromatic carbocycles. The van der Waals surface area contributed by atoms with Crippen LogP contribution in [0.5, 0.6) is 0 Å². The van der Waals surface area contributed by atoms with E-state index < -0.39 is 0 Å². The number of rotatable bonds is 5. The number of hydrogen-bond acceptors (Lipinski definition) is 5. The highest BCUT2D eigenvalue weighted by molar-refractivity contribution is 8.00. The van der Waals surface area contributed by atoms with E-state index in [0.29, 0.717) is 10.2 Å². The standard InChI is InChI=1S/C17H14ClN3OS2/c1-11(24-13-7-5-12(18)6-8-13)16(22)21-17-20-15(10-23-17)14-4-2-3-9-19-14/h2-11H,1H3,(H,20,21,22)/t11-/m1/s1. The molecule has 0 bridgehead atoms. The first kappa shape index (κ1) is 17.0. The molecular formula is C17H14ClN3OS2. The molecule has 1 amide bonds. The zero-order chi connectivity index (χ0) is 16.9. The van der Waals surface area contributed by atoms with Gasteiger partial charge in [-0.25, -0.2) is 4.98 Å². The highest BCUT2D eigenvalue weighted by Gasteiger charge is 2.16. The molecule has 0 aliphatic heterocycles. The number of benzene rings is 1. The van der Waals surface area contributed by atoms with E-state index in [0.717, 1.165) is 16.3 Å². The molecule has 0 fully saturated rings. The summed E-state index contributed by atoms with van der Waals surface area (Å²) in [5, 5.41) is 5.75. The van der Waals surface area contributed by atoms with Gasteiger partial charge in [-0.05, 0) is 43.3 Å². The van der Waals surface area contributed by atoms with Crippen LogP contribution >= 0.6 is 34.7 Å². The SMILES string of the molecule is C[C@@H](Sc1ccc(Cl)cc1)C(=O)Nc1nc(-c2ccccn2)cs1. The van der Waals surface area contributed by atoms with Crippen LogP contribution in [0.3, 0.4) is 0 Å². The molecule has 1 N–H and O–H groups in total. The molecule has 0 radical (unpaired) electrons. The van der Waals surface area contributed by atoms with Crippen LogP contribution in [0, 0.1) is 0 Å². The Balaban J connectivity index is 1.62. The molecule has 2 aromatic heterocycles. The normalized spacial score (nSPS) is 11.9. The van der Waals surface area contributed by atoms with Crippen molar-refractivity contribution < 1.29 is 4.79 Å². The first-order valence-corrected chi connectivity index (χ1v) is 9.35. The van der Waals surface area contributed by atoms with E-state index in [1.165, 1.54) is 23.1 Å². The highest BCUT2D eigenvalue weighted by atomic mass is 35.5. The molecule has 24 heavy (non-hydrogen) atoms. The minimum Gasteiger partial charge on any atom is -0.301 e. The van der Waals surface area contributed by atoms with Gasteiger partial charge in [-0.3, -0.25) is 9.78 Å². The predicted molar refractivity (Wildman–Crippen MR) is 101 cm³/mol. The number of carbonyl (C=O) groups is 1. The largest absolute Gasteiger partial charge is 0.301 e. The van der Waals surface area contributed by atoms with Crippen LogP contribution in [0.1, 0.15) is 6.92 Å². The van der Waals surface area contributed by atoms with Crippen molar-refractivity contribution in [1.29, 1.82) is 0 Å². The molecule has 3 rings (SSSR count). The molecule has 0 aliphatic rings. The van der Waals surface area contributed by atoms with Crippen LogP contribution in [-0.2, 0) is 4.79 Å². The highest BCUT2D eigenvalue weighted by Crippen LogP contribution is 2.27. The topological polar surface area (TPSA) is 54.9 Å². The van der Waals surface area contributed by atoms with Gasteiger partial charge in [-0.15, -0.1) is 23.1 Å². The van der Waals surface area contributed by atoms with Crippen molar-refractivity contribution in [2.45, 2.75) is 17.1 Å². The summed E-state index contributed by atoms with van der Waals surface area (Å²) in [5.74, 6) is -0.0862. The van der Waals surface area contributed by atoms with Gasteiger partial charge in [0.2, 0.25) is 5.91 Å². The van der Waals surface area contributed by atoms with Gasteiger partial charge < -0.3 is 5.32 Å². The maximum atomic E-state index is 12.3. The number of thioether (sulfide) groups is 1. The zero-order valence-electron chi connectivity index (χ0n) is 12.8. The predicted octanol–water partition coefficient (Wildman–Crippen LogP) is 4.98. The lowest BCUT2D eigenvalue weighted by Crippen LogP contribution is -2.22. The van der Waals surface area contributed by atoms with E-state index in [1.54, 1.807) is 6.20 Å². The van der Waals surface area contributed by atoms with E-state index in [2.05, 4.69) is 15.3 Å². The van der Waals surface area contributed by atoms with E-state index in [9.17, 15) is 4.79 Å². The minimum atomic E-state index is -0.242. The fourth-order valence-corrected chi connectivity index (χ4v) is 3.64. The third kappa shape index (κ3) is 4.35. The Morgan fingerprint density at radius 1 is 1.21 bits per heavy atom. The molecule has 0 saturated heterocycles. The molecule has 3 aromatic rings. The molecule has 7 heteroatoms. The summed E-state index contributed by atoms with van der Waals surface area (Å²) < 4.78 is 0. The molecule has 2 heterocycles. The second-order valence-corrected chi connectivity index (χ2v) is 7.66. The minimum absolute atomic E-state index is 0.0862. The lowest BCUT2D eigenvalue weighted by Gasteiger charge is -2.10. The first-order valence-electron chi connectivity index (χ1n) is 7.22. The van der Waals surface area contributed by atoms with Gasteiger partial charge >= 0.3 is 0 Å². The van der Waals surface area contributed by atoms with E-state index in [1.807, 2.05) is 54.8 Å². The number of aromatic nitrogens is 2. The zero-order valence-corrected chi connectivity index (χ0v) is 15.2. The van der Waals surface area contributed by atoms with Gasteiger partial charge in [0.1, 0.15) is 5.69 Å². The van der Waals surface area contributed by atoms with Gasteiger partial charge in [-0.1, -0.05) is 17.7 Å². The summed E-state index contributed by atoms with van der Waals surface area (Å²) in [4.78, 5) is 22.0. The Labute approximate surface area is 153 Å². The van der Waals surface area contributed by atoms with Crippen LogP contribution in [0.2, 0.25) is 5.02 Å². The van der Waals surface area contributed by atoms with Gasteiger partial charge in [-0.2, -0.15) is 0 Å². The summed E-state index contributed by atoms with van der Waals surface area (Å²) in [5.41, 5.74) is 1.55. The van der Waals surface area contributed by atoms with E-state index in [-0.39, 0.29) is 11.2 Å².